The maximum atomic E-state index is 12.4. The fourth-order valence-corrected chi connectivity index (χ4v) is 2.24. The van der Waals surface area contributed by atoms with Crippen molar-refractivity contribution in [3.63, 3.8) is 0 Å². The number of hydrogen-bond acceptors (Lipinski definition) is 4. The summed E-state index contributed by atoms with van der Waals surface area (Å²) in [4.78, 5) is 12.4. The van der Waals surface area contributed by atoms with Crippen LogP contribution in [0.3, 0.4) is 0 Å². The third-order valence-electron chi connectivity index (χ3n) is 3.90. The summed E-state index contributed by atoms with van der Waals surface area (Å²) < 4.78 is 12.5. The van der Waals surface area contributed by atoms with Crippen LogP contribution in [0.2, 0.25) is 0 Å². The van der Waals surface area contributed by atoms with Crippen molar-refractivity contribution in [1.29, 1.82) is 0 Å². The van der Waals surface area contributed by atoms with Crippen molar-refractivity contribution in [2.24, 2.45) is 7.05 Å². The highest BCUT2D eigenvalue weighted by Crippen LogP contribution is 2.23. The molecule has 6 nitrogen and oxygen atoms in total. The molecule has 2 rings (SSSR count). The van der Waals surface area contributed by atoms with E-state index in [1.807, 2.05) is 37.4 Å². The fraction of sp³-hybridized carbons (Fsp3) is 0.474. The molecule has 0 aliphatic carbocycles. The number of carbonyl (C=O) groups is 1. The molecule has 1 aromatic carbocycles. The first-order valence-corrected chi connectivity index (χ1v) is 8.30. The first kappa shape index (κ1) is 19.0. The van der Waals surface area contributed by atoms with Gasteiger partial charge in [0.05, 0.1) is 19.4 Å². The lowest BCUT2D eigenvalue weighted by Crippen LogP contribution is -2.28. The second kappa shape index (κ2) is 7.70. The molecule has 0 fully saturated rings. The highest BCUT2D eigenvalue weighted by molar-refractivity contribution is 5.93. The first-order chi connectivity index (χ1) is 11.7. The largest absolute Gasteiger partial charge is 0.497 e. The van der Waals surface area contributed by atoms with E-state index in [1.165, 1.54) is 0 Å². The number of methoxy groups -OCH3 is 1. The summed E-state index contributed by atoms with van der Waals surface area (Å²) in [5, 5.41) is 7.33. The van der Waals surface area contributed by atoms with Gasteiger partial charge in [0.1, 0.15) is 17.7 Å². The fourth-order valence-electron chi connectivity index (χ4n) is 2.24. The number of carbonyl (C=O) groups excluding carboxylic acids is 1. The molecular weight excluding hydrogens is 318 g/mol. The summed E-state index contributed by atoms with van der Waals surface area (Å²) in [6.45, 7) is 8.32. The van der Waals surface area contributed by atoms with E-state index in [0.717, 1.165) is 17.0 Å². The van der Waals surface area contributed by atoms with E-state index in [4.69, 9.17) is 9.47 Å². The average molecular weight is 345 g/mol. The summed E-state index contributed by atoms with van der Waals surface area (Å²) >= 11 is 0. The summed E-state index contributed by atoms with van der Waals surface area (Å²) in [5.41, 5.74) is 1.81. The van der Waals surface area contributed by atoms with Crippen LogP contribution in [-0.2, 0) is 28.6 Å². The number of anilines is 1. The molecule has 136 valence electrons. The van der Waals surface area contributed by atoms with Crippen LogP contribution in [-0.4, -0.2) is 28.9 Å². The lowest BCUT2D eigenvalue weighted by molar-refractivity contribution is -0.127. The monoisotopic (exact) mass is 345 g/mol. The van der Waals surface area contributed by atoms with E-state index < -0.39 is 6.10 Å². The van der Waals surface area contributed by atoms with Gasteiger partial charge in [0.2, 0.25) is 0 Å². The number of benzene rings is 1. The van der Waals surface area contributed by atoms with Gasteiger partial charge in [0.25, 0.3) is 5.91 Å². The number of nitrogens with one attached hydrogen (secondary N) is 1. The smallest absolute Gasteiger partial charge is 0.254 e. The molecule has 0 spiro atoms. The highest BCUT2D eigenvalue weighted by Gasteiger charge is 2.21. The van der Waals surface area contributed by atoms with E-state index in [0.29, 0.717) is 12.4 Å². The van der Waals surface area contributed by atoms with Crippen LogP contribution in [0.15, 0.2) is 30.3 Å². The van der Waals surface area contributed by atoms with Gasteiger partial charge in [0.15, 0.2) is 0 Å². The lowest BCUT2D eigenvalue weighted by Gasteiger charge is -2.14. The van der Waals surface area contributed by atoms with Crippen molar-refractivity contribution >= 4 is 11.7 Å². The Morgan fingerprint density at radius 2 is 2.04 bits per heavy atom. The van der Waals surface area contributed by atoms with Gasteiger partial charge >= 0.3 is 0 Å². The van der Waals surface area contributed by atoms with Crippen LogP contribution in [0, 0.1) is 0 Å². The molecule has 0 bridgehead atoms. The molecule has 1 heterocycles. The molecule has 0 saturated heterocycles. The van der Waals surface area contributed by atoms with Gasteiger partial charge in [0, 0.05) is 18.5 Å². The molecule has 6 heteroatoms. The summed E-state index contributed by atoms with van der Waals surface area (Å²) in [6.07, 6.45) is -0.584. The Kier molecular flexibility index (Phi) is 5.85. The number of amides is 1. The Morgan fingerprint density at radius 1 is 1.32 bits per heavy atom. The van der Waals surface area contributed by atoms with E-state index in [9.17, 15) is 4.79 Å². The highest BCUT2D eigenvalue weighted by atomic mass is 16.5. The Balaban J connectivity index is 1.95. The molecule has 1 aromatic heterocycles. The average Bonchev–Trinajstić information content (AvgIpc) is 2.94. The molecule has 1 unspecified atom stereocenters. The summed E-state index contributed by atoms with van der Waals surface area (Å²) in [6, 6.07) is 9.48. The minimum absolute atomic E-state index is 0.0742. The maximum absolute atomic E-state index is 12.4. The van der Waals surface area contributed by atoms with Gasteiger partial charge in [-0.2, -0.15) is 5.10 Å². The third-order valence-corrected chi connectivity index (χ3v) is 3.90. The van der Waals surface area contributed by atoms with Gasteiger partial charge in [-0.15, -0.1) is 0 Å². The van der Waals surface area contributed by atoms with E-state index in [2.05, 4.69) is 31.2 Å². The SMILES string of the molecule is COc1cccc(COC(C)C(=O)Nc2cc(C(C)(C)C)nn2C)c1. The Morgan fingerprint density at radius 3 is 2.64 bits per heavy atom. The van der Waals surface area contributed by atoms with Crippen LogP contribution in [0.1, 0.15) is 39.0 Å². The Hall–Kier alpha value is -2.34. The predicted octanol–water partition coefficient (Wildman–Crippen LogP) is 3.27. The van der Waals surface area contributed by atoms with Crippen molar-refractivity contribution in [2.45, 2.75) is 45.8 Å². The summed E-state index contributed by atoms with van der Waals surface area (Å²) in [5.74, 6) is 1.22. The molecule has 0 radical (unpaired) electrons. The number of hydrogen-bond donors (Lipinski definition) is 1. The molecule has 25 heavy (non-hydrogen) atoms. The van der Waals surface area contributed by atoms with Gasteiger partial charge in [-0.05, 0) is 24.6 Å². The molecule has 1 amide bonds. The molecule has 0 aliphatic heterocycles. The van der Waals surface area contributed by atoms with Crippen LogP contribution in [0.25, 0.3) is 0 Å². The Labute approximate surface area is 149 Å². The molecule has 1 atom stereocenters. The van der Waals surface area contributed by atoms with Gasteiger partial charge in [-0.25, -0.2) is 0 Å². The van der Waals surface area contributed by atoms with Crippen molar-refractivity contribution in [3.05, 3.63) is 41.6 Å². The zero-order valence-electron chi connectivity index (χ0n) is 15.8. The minimum atomic E-state index is -0.584. The number of nitrogens with zero attached hydrogens (tertiary/aromatic N) is 2. The first-order valence-electron chi connectivity index (χ1n) is 8.30. The van der Waals surface area contributed by atoms with Crippen molar-refractivity contribution in [2.75, 3.05) is 12.4 Å². The number of aryl methyl sites for hydroxylation is 1. The second-order valence-electron chi connectivity index (χ2n) is 7.08. The molecular formula is C19H27N3O3. The van der Waals surface area contributed by atoms with E-state index in [-0.39, 0.29) is 11.3 Å². The van der Waals surface area contributed by atoms with Gasteiger partial charge in [-0.3, -0.25) is 9.48 Å². The molecule has 0 aliphatic rings. The van der Waals surface area contributed by atoms with Gasteiger partial charge < -0.3 is 14.8 Å². The zero-order chi connectivity index (χ0) is 18.6. The number of aromatic nitrogens is 2. The van der Waals surface area contributed by atoms with Crippen molar-refractivity contribution in [1.82, 2.24) is 9.78 Å². The Bertz CT molecular complexity index is 732. The van der Waals surface area contributed by atoms with Crippen LogP contribution in [0.5, 0.6) is 5.75 Å². The van der Waals surface area contributed by atoms with Gasteiger partial charge in [-0.1, -0.05) is 32.9 Å². The van der Waals surface area contributed by atoms with Crippen LogP contribution >= 0.6 is 0 Å². The van der Waals surface area contributed by atoms with E-state index >= 15 is 0 Å². The predicted molar refractivity (Wildman–Crippen MR) is 97.8 cm³/mol. The van der Waals surface area contributed by atoms with Crippen LogP contribution in [0.4, 0.5) is 5.82 Å². The normalized spacial score (nSPS) is 12.7. The number of rotatable bonds is 6. The lowest BCUT2D eigenvalue weighted by atomic mass is 9.92. The second-order valence-corrected chi connectivity index (χ2v) is 7.08. The van der Waals surface area contributed by atoms with Crippen LogP contribution < -0.4 is 10.1 Å². The zero-order valence-corrected chi connectivity index (χ0v) is 15.8. The van der Waals surface area contributed by atoms with Crippen molar-refractivity contribution in [3.8, 4) is 5.75 Å². The third kappa shape index (κ3) is 5.06. The minimum Gasteiger partial charge on any atom is -0.497 e. The summed E-state index contributed by atoms with van der Waals surface area (Å²) in [7, 11) is 3.43. The maximum Gasteiger partial charge on any atom is 0.254 e. The van der Waals surface area contributed by atoms with Crippen molar-refractivity contribution < 1.29 is 14.3 Å². The molecule has 1 N–H and O–H groups in total. The molecule has 2 aromatic rings. The number of ether oxygens (including phenoxy) is 2. The standard InChI is InChI=1S/C19H27N3O3/c1-13(25-12-14-8-7-9-15(10-14)24-6)18(23)20-17-11-16(19(2,3)4)21-22(17)5/h7-11,13H,12H2,1-6H3,(H,20,23). The molecule has 0 saturated carbocycles. The van der Waals surface area contributed by atoms with E-state index in [1.54, 1.807) is 18.7 Å². The topological polar surface area (TPSA) is 65.4 Å². The quantitative estimate of drug-likeness (QED) is 0.873.